The van der Waals surface area contributed by atoms with E-state index in [0.717, 1.165) is 74.2 Å². The maximum Gasteiger partial charge on any atom is 0.414 e. The van der Waals surface area contributed by atoms with Gasteiger partial charge in [0, 0.05) is 87.2 Å². The molecule has 0 saturated carbocycles. The number of esters is 1. The lowest BCUT2D eigenvalue weighted by Gasteiger charge is -2.35. The number of amides is 3. The predicted molar refractivity (Wildman–Crippen MR) is 255 cm³/mol. The molecule has 2 saturated heterocycles. The third-order valence-corrected chi connectivity index (χ3v) is 14.1. The number of phenolic OH excluding ortho intramolecular Hbond substituents is 2. The molecule has 2 aromatic heterocycles. The normalized spacial score (nSPS) is 19.5. The van der Waals surface area contributed by atoms with Gasteiger partial charge in [-0.25, -0.2) is 19.4 Å². The average molecular weight is 929 g/mol. The smallest absolute Gasteiger partial charge is 0.414 e. The van der Waals surface area contributed by atoms with E-state index < -0.39 is 23.8 Å². The summed E-state index contributed by atoms with van der Waals surface area (Å²) in [5.41, 5.74) is 7.97. The Hall–Kier alpha value is -6.53. The summed E-state index contributed by atoms with van der Waals surface area (Å²) in [6.45, 7) is 13.7. The summed E-state index contributed by atoms with van der Waals surface area (Å²) < 4.78 is 12.7. The third-order valence-electron chi connectivity index (χ3n) is 14.1. The standard InChI is InChI=1S/C51H60N8O9/c1-7-34-36-23-33(15-16-41(36)52-45-38(34)28-58-42(45)25-40-39(47(58)62)29-67-48(63)51(40,66)8-2)68-50(65)54(5)17-9-10-18-56-19-21-57(22-20-56)27-31-11-13-32(14-12-31)59-46(55(6)53-49(59)64)37-24-35(30(3)4)43(60)26-44(37)61/h11-16,23-26,30,46,60-61,66H,7-10,17-22,27-29H2,1-6H3,(H,53,64). The summed E-state index contributed by atoms with van der Waals surface area (Å²) in [6, 6.07) is 17.8. The summed E-state index contributed by atoms with van der Waals surface area (Å²) in [4.78, 5) is 65.8. The molecule has 17 nitrogen and oxygen atoms in total. The fourth-order valence-electron chi connectivity index (χ4n) is 10.2. The Morgan fingerprint density at radius 2 is 1.69 bits per heavy atom. The minimum absolute atomic E-state index is 0.0239. The molecule has 9 rings (SSSR count). The molecule has 6 heterocycles. The van der Waals surface area contributed by atoms with Gasteiger partial charge in [0.05, 0.1) is 29.0 Å². The van der Waals surface area contributed by atoms with Crippen LogP contribution in [-0.4, -0.2) is 116 Å². The molecular weight excluding hydrogens is 869 g/mol. The number of nitrogens with zero attached hydrogens (tertiary/aromatic N) is 7. The van der Waals surface area contributed by atoms with E-state index in [2.05, 4.69) is 15.2 Å². The molecule has 0 bridgehead atoms. The number of fused-ring (bicyclic) bond motifs is 5. The Bertz CT molecular complexity index is 2860. The number of nitrogens with one attached hydrogen (secondary N) is 1. The number of carbonyl (C=O) groups is 3. The maximum absolute atomic E-state index is 13.7. The number of aryl methyl sites for hydroxylation is 1. The summed E-state index contributed by atoms with van der Waals surface area (Å²) >= 11 is 0. The number of hydrogen-bond acceptors (Lipinski definition) is 13. The van der Waals surface area contributed by atoms with Crippen molar-refractivity contribution in [3.63, 3.8) is 0 Å². The highest BCUT2D eigenvalue weighted by molar-refractivity contribution is 5.95. The quantitative estimate of drug-likeness (QED) is 0.0748. The molecule has 3 aromatic carbocycles. The summed E-state index contributed by atoms with van der Waals surface area (Å²) in [7, 11) is 3.50. The van der Waals surface area contributed by atoms with Gasteiger partial charge < -0.3 is 39.2 Å². The van der Waals surface area contributed by atoms with Gasteiger partial charge in [-0.3, -0.25) is 20.0 Å². The topological polar surface area (TPSA) is 193 Å². The first-order valence-electron chi connectivity index (χ1n) is 23.6. The zero-order chi connectivity index (χ0) is 48.2. The lowest BCUT2D eigenvalue weighted by molar-refractivity contribution is -0.172. The number of aromatic nitrogens is 2. The predicted octanol–water partition coefficient (Wildman–Crippen LogP) is 6.28. The number of phenols is 2. The minimum Gasteiger partial charge on any atom is -0.508 e. The first-order valence-corrected chi connectivity index (χ1v) is 23.6. The van der Waals surface area contributed by atoms with E-state index in [1.54, 1.807) is 58.6 Å². The van der Waals surface area contributed by atoms with E-state index in [4.69, 9.17) is 14.5 Å². The van der Waals surface area contributed by atoms with Crippen molar-refractivity contribution in [1.82, 2.24) is 34.7 Å². The molecule has 358 valence electrons. The van der Waals surface area contributed by atoms with Crippen LogP contribution >= 0.6 is 0 Å². The number of urea groups is 1. The van der Waals surface area contributed by atoms with Crippen LogP contribution in [0.3, 0.4) is 0 Å². The fourth-order valence-corrected chi connectivity index (χ4v) is 10.2. The number of aromatic hydroxyl groups is 2. The van der Waals surface area contributed by atoms with Crippen LogP contribution in [0.2, 0.25) is 0 Å². The Kier molecular flexibility index (Phi) is 12.7. The highest BCUT2D eigenvalue weighted by Crippen LogP contribution is 2.43. The molecule has 2 fully saturated rings. The van der Waals surface area contributed by atoms with Crippen LogP contribution in [0.5, 0.6) is 17.2 Å². The monoisotopic (exact) mass is 928 g/mol. The van der Waals surface area contributed by atoms with Crippen LogP contribution in [0.15, 0.2) is 65.5 Å². The summed E-state index contributed by atoms with van der Waals surface area (Å²) in [6.07, 6.45) is 1.41. The maximum atomic E-state index is 13.7. The van der Waals surface area contributed by atoms with Crippen molar-refractivity contribution >= 4 is 34.7 Å². The van der Waals surface area contributed by atoms with E-state index in [1.165, 1.54) is 6.07 Å². The van der Waals surface area contributed by atoms with Gasteiger partial charge in [0.25, 0.3) is 5.56 Å². The van der Waals surface area contributed by atoms with Crippen molar-refractivity contribution in [1.29, 1.82) is 0 Å². The Morgan fingerprint density at radius 3 is 2.40 bits per heavy atom. The second-order valence-corrected chi connectivity index (χ2v) is 18.7. The zero-order valence-electron chi connectivity index (χ0n) is 39.5. The SMILES string of the molecule is CCc1c2c(nc3ccc(OC(=O)N(C)CCCCN4CCN(Cc5ccc(N6C(=O)NN(C)C6c6cc(C(C)C)c(O)cc6O)cc5)CC4)cc13)-c1cc3c(c(=O)n1C2)COC(=O)C3(O)CC. The molecular formula is C51H60N8O9. The number of anilines is 1. The first kappa shape index (κ1) is 46.6. The number of cyclic esters (lactones) is 1. The van der Waals surface area contributed by atoms with Crippen molar-refractivity contribution in [2.24, 2.45) is 0 Å². The molecule has 2 atom stereocenters. The molecule has 5 aromatic rings. The van der Waals surface area contributed by atoms with Gasteiger partial charge in [-0.05, 0) is 97.3 Å². The second kappa shape index (κ2) is 18.5. The number of pyridine rings is 2. The van der Waals surface area contributed by atoms with Gasteiger partial charge in [-0.15, -0.1) is 0 Å². The first-order chi connectivity index (χ1) is 32.6. The number of hydrazine groups is 1. The van der Waals surface area contributed by atoms with Crippen LogP contribution < -0.4 is 20.6 Å². The molecule has 17 heteroatoms. The van der Waals surface area contributed by atoms with Crippen LogP contribution in [0.25, 0.3) is 22.3 Å². The van der Waals surface area contributed by atoms with Gasteiger partial charge in [-0.1, -0.05) is 39.8 Å². The van der Waals surface area contributed by atoms with Gasteiger partial charge >= 0.3 is 18.1 Å². The van der Waals surface area contributed by atoms with Gasteiger partial charge in [-0.2, -0.15) is 5.01 Å². The van der Waals surface area contributed by atoms with Gasteiger partial charge in [0.15, 0.2) is 5.60 Å². The highest BCUT2D eigenvalue weighted by atomic mass is 16.6. The average Bonchev–Trinajstić information content (AvgIpc) is 3.84. The van der Waals surface area contributed by atoms with E-state index >= 15 is 0 Å². The number of benzene rings is 3. The molecule has 68 heavy (non-hydrogen) atoms. The summed E-state index contributed by atoms with van der Waals surface area (Å²) in [5, 5.41) is 35.0. The van der Waals surface area contributed by atoms with Crippen molar-refractivity contribution < 1.29 is 39.2 Å². The van der Waals surface area contributed by atoms with E-state index in [9.17, 15) is 34.5 Å². The van der Waals surface area contributed by atoms with Gasteiger partial charge in [0.2, 0.25) is 0 Å². The number of hydrogen-bond donors (Lipinski definition) is 4. The molecule has 4 N–H and O–H groups in total. The van der Waals surface area contributed by atoms with Crippen LogP contribution in [-0.2, 0) is 41.2 Å². The van der Waals surface area contributed by atoms with E-state index in [0.29, 0.717) is 52.4 Å². The lowest BCUT2D eigenvalue weighted by Crippen LogP contribution is -2.46. The van der Waals surface area contributed by atoms with Crippen molar-refractivity contribution in [3.8, 4) is 28.6 Å². The van der Waals surface area contributed by atoms with Crippen LogP contribution in [0.1, 0.15) is 98.0 Å². The summed E-state index contributed by atoms with van der Waals surface area (Å²) in [5.74, 6) is -0.391. The number of unbranched alkanes of at least 4 members (excludes halogenated alkanes) is 1. The van der Waals surface area contributed by atoms with Gasteiger partial charge in [0.1, 0.15) is 30.0 Å². The van der Waals surface area contributed by atoms with Crippen molar-refractivity contribution in [3.05, 3.63) is 110 Å². The van der Waals surface area contributed by atoms with E-state index in [1.807, 2.05) is 57.2 Å². The second-order valence-electron chi connectivity index (χ2n) is 18.7. The minimum atomic E-state index is -1.90. The molecule has 0 radical (unpaired) electrons. The molecule has 0 spiro atoms. The Balaban J connectivity index is 0.751. The molecule has 3 amide bonds. The molecule has 2 unspecified atom stereocenters. The van der Waals surface area contributed by atoms with Crippen LogP contribution in [0.4, 0.5) is 15.3 Å². The number of rotatable bonds is 13. The Morgan fingerprint density at radius 1 is 0.956 bits per heavy atom. The highest BCUT2D eigenvalue weighted by Gasteiger charge is 2.46. The number of piperazine rings is 1. The van der Waals surface area contributed by atoms with Crippen molar-refractivity contribution in [2.45, 2.75) is 90.8 Å². The number of aliphatic hydroxyl groups is 1. The molecule has 4 aliphatic rings. The molecule has 4 aliphatic heterocycles. The number of ether oxygens (including phenoxy) is 2. The van der Waals surface area contributed by atoms with E-state index in [-0.39, 0.29) is 59.7 Å². The van der Waals surface area contributed by atoms with Crippen LogP contribution in [0, 0.1) is 0 Å². The largest absolute Gasteiger partial charge is 0.508 e. The van der Waals surface area contributed by atoms with Crippen molar-refractivity contribution in [2.75, 3.05) is 58.3 Å². The lowest BCUT2D eigenvalue weighted by atomic mass is 9.86. The zero-order valence-corrected chi connectivity index (χ0v) is 39.5. The number of carbonyl (C=O) groups excluding carboxylic acids is 3. The fraction of sp³-hybridized carbons (Fsp3) is 0.431. The Labute approximate surface area is 395 Å². The molecule has 0 aliphatic carbocycles. The third kappa shape index (κ3) is 8.41.